The van der Waals surface area contributed by atoms with E-state index in [0.29, 0.717) is 37.4 Å². The Hall–Kier alpha value is -3.55. The number of anilines is 1. The van der Waals surface area contributed by atoms with Gasteiger partial charge in [0.1, 0.15) is 5.82 Å². The highest BCUT2D eigenvalue weighted by molar-refractivity contribution is 5.92. The van der Waals surface area contributed by atoms with Gasteiger partial charge in [-0.2, -0.15) is 0 Å². The molecule has 0 unspecified atom stereocenters. The zero-order chi connectivity index (χ0) is 29.0. The van der Waals surface area contributed by atoms with Gasteiger partial charge in [-0.05, 0) is 86.1 Å². The van der Waals surface area contributed by atoms with Gasteiger partial charge >= 0.3 is 0 Å². The average Bonchev–Trinajstić information content (AvgIpc) is 2.94. The maximum absolute atomic E-state index is 13.0. The molecule has 7 nitrogen and oxygen atoms in total. The van der Waals surface area contributed by atoms with Crippen molar-refractivity contribution in [1.29, 1.82) is 0 Å². The Labute approximate surface area is 243 Å². The smallest absolute Gasteiger partial charge is 0.225 e. The minimum Gasteiger partial charge on any atom is -0.390 e. The van der Waals surface area contributed by atoms with Gasteiger partial charge in [0.2, 0.25) is 11.8 Å². The van der Waals surface area contributed by atoms with Crippen molar-refractivity contribution in [3.8, 4) is 22.3 Å². The van der Waals surface area contributed by atoms with Crippen LogP contribution in [0.15, 0.2) is 66.9 Å². The van der Waals surface area contributed by atoms with Crippen LogP contribution in [0.25, 0.3) is 22.3 Å². The molecule has 5 N–H and O–H groups in total. The molecule has 0 atom stereocenters. The molecule has 2 aliphatic carbocycles. The van der Waals surface area contributed by atoms with E-state index < -0.39 is 11.1 Å². The second kappa shape index (κ2) is 12.1. The van der Waals surface area contributed by atoms with Crippen LogP contribution < -0.4 is 16.4 Å². The van der Waals surface area contributed by atoms with Crippen molar-refractivity contribution < 1.29 is 14.7 Å². The molecule has 216 valence electrons. The summed E-state index contributed by atoms with van der Waals surface area (Å²) < 4.78 is 0. The van der Waals surface area contributed by atoms with Crippen molar-refractivity contribution in [2.24, 2.45) is 11.7 Å². The highest BCUT2D eigenvalue weighted by Gasteiger charge is 2.49. The molecular formula is C34H42N4O3. The van der Waals surface area contributed by atoms with Crippen LogP contribution in [0.2, 0.25) is 0 Å². The molecule has 7 heteroatoms. The molecule has 0 aliphatic heterocycles. The minimum absolute atomic E-state index is 0.0308. The molecule has 2 saturated carbocycles. The third kappa shape index (κ3) is 7.03. The van der Waals surface area contributed by atoms with Gasteiger partial charge in [-0.1, -0.05) is 61.5 Å². The summed E-state index contributed by atoms with van der Waals surface area (Å²) in [4.78, 5) is 29.5. The van der Waals surface area contributed by atoms with Crippen LogP contribution >= 0.6 is 0 Å². The lowest BCUT2D eigenvalue weighted by atomic mass is 9.63. The highest BCUT2D eigenvalue weighted by Crippen LogP contribution is 2.46. The van der Waals surface area contributed by atoms with Crippen LogP contribution in [0, 0.1) is 5.92 Å². The predicted octanol–water partition coefficient (Wildman–Crippen LogP) is 5.92. The normalized spacial score (nSPS) is 25.7. The van der Waals surface area contributed by atoms with Crippen molar-refractivity contribution in [1.82, 2.24) is 10.3 Å². The third-order valence-electron chi connectivity index (χ3n) is 8.58. The summed E-state index contributed by atoms with van der Waals surface area (Å²) in [5.74, 6) is 0.944. The van der Waals surface area contributed by atoms with Crippen LogP contribution in [-0.4, -0.2) is 33.5 Å². The molecule has 0 radical (unpaired) electrons. The van der Waals surface area contributed by atoms with Crippen molar-refractivity contribution >= 4 is 17.6 Å². The number of aliphatic hydroxyl groups is 1. The Kier molecular flexibility index (Phi) is 8.57. The lowest BCUT2D eigenvalue weighted by Gasteiger charge is -2.49. The first kappa shape index (κ1) is 29.0. The van der Waals surface area contributed by atoms with E-state index in [4.69, 9.17) is 5.73 Å². The molecule has 3 aromatic rings. The zero-order valence-electron chi connectivity index (χ0n) is 24.2. The quantitative estimate of drug-likeness (QED) is 0.262. The first-order valence-electron chi connectivity index (χ1n) is 14.9. The summed E-state index contributed by atoms with van der Waals surface area (Å²) in [5.41, 5.74) is 10.4. The lowest BCUT2D eigenvalue weighted by Crippen LogP contribution is -2.58. The van der Waals surface area contributed by atoms with Gasteiger partial charge < -0.3 is 21.5 Å². The number of nitrogens with two attached hydrogens (primary N) is 1. The molecule has 0 spiro atoms. The third-order valence-corrected chi connectivity index (χ3v) is 8.58. The number of aromatic nitrogens is 1. The molecule has 2 aliphatic rings. The summed E-state index contributed by atoms with van der Waals surface area (Å²) in [6, 6.07) is 20.5. The minimum atomic E-state index is -0.705. The number of nitrogens with zero attached hydrogens (tertiary/aromatic N) is 1. The Morgan fingerprint density at radius 3 is 2.24 bits per heavy atom. The number of carbonyl (C=O) groups excluding carboxylic acids is 2. The van der Waals surface area contributed by atoms with Crippen LogP contribution in [0.5, 0.6) is 0 Å². The average molecular weight is 555 g/mol. The van der Waals surface area contributed by atoms with E-state index in [1.54, 1.807) is 0 Å². The van der Waals surface area contributed by atoms with Gasteiger partial charge in [-0.3, -0.25) is 9.59 Å². The predicted molar refractivity (Wildman–Crippen MR) is 163 cm³/mol. The van der Waals surface area contributed by atoms with E-state index in [0.717, 1.165) is 59.9 Å². The fourth-order valence-electron chi connectivity index (χ4n) is 6.60. The molecule has 1 aromatic heterocycles. The second-order valence-corrected chi connectivity index (χ2v) is 12.4. The van der Waals surface area contributed by atoms with Gasteiger partial charge in [0, 0.05) is 36.2 Å². The maximum atomic E-state index is 13.0. The topological polar surface area (TPSA) is 117 Å². The van der Waals surface area contributed by atoms with Gasteiger partial charge in [0.05, 0.1) is 5.60 Å². The largest absolute Gasteiger partial charge is 0.390 e. The molecule has 1 heterocycles. The number of hydrogen-bond acceptors (Lipinski definition) is 5. The van der Waals surface area contributed by atoms with Crippen molar-refractivity contribution in [3.63, 3.8) is 0 Å². The summed E-state index contributed by atoms with van der Waals surface area (Å²) in [5, 5.41) is 16.4. The van der Waals surface area contributed by atoms with E-state index in [-0.39, 0.29) is 17.9 Å². The molecule has 41 heavy (non-hydrogen) atoms. The Balaban J connectivity index is 1.27. The van der Waals surface area contributed by atoms with E-state index >= 15 is 0 Å². The molecule has 2 aromatic carbocycles. The van der Waals surface area contributed by atoms with E-state index in [1.165, 1.54) is 0 Å². The van der Waals surface area contributed by atoms with E-state index in [2.05, 4.69) is 39.9 Å². The first-order valence-corrected chi connectivity index (χ1v) is 14.9. The monoisotopic (exact) mass is 554 g/mol. The van der Waals surface area contributed by atoms with Crippen LogP contribution in [0.1, 0.15) is 77.2 Å². The van der Waals surface area contributed by atoms with Gasteiger partial charge in [0.15, 0.2) is 0 Å². The molecule has 2 amide bonds. The Morgan fingerprint density at radius 2 is 1.61 bits per heavy atom. The van der Waals surface area contributed by atoms with Gasteiger partial charge in [-0.15, -0.1) is 0 Å². The van der Waals surface area contributed by atoms with Crippen molar-refractivity contribution in [3.05, 3.63) is 72.4 Å². The summed E-state index contributed by atoms with van der Waals surface area (Å²) in [6.45, 7) is 3.84. The van der Waals surface area contributed by atoms with Crippen LogP contribution in [-0.2, 0) is 15.1 Å². The molecule has 2 fully saturated rings. The fourth-order valence-corrected chi connectivity index (χ4v) is 6.60. The van der Waals surface area contributed by atoms with E-state index in [1.807, 2.05) is 56.4 Å². The SMILES string of the molecule is CCCC(=O)NC1CCC(CC(=O)Nc2cc(-c3ccccc3)c(-c3ccc(C4(N)CC(C)(O)C4)cc3)cn2)CC1. The molecule has 5 rings (SSSR count). The lowest BCUT2D eigenvalue weighted by molar-refractivity contribution is -0.122. The number of amides is 2. The molecule has 0 saturated heterocycles. The fraction of sp³-hybridized carbons (Fsp3) is 0.441. The number of rotatable bonds is 9. The van der Waals surface area contributed by atoms with Gasteiger partial charge in [0.25, 0.3) is 0 Å². The molecular weight excluding hydrogens is 512 g/mol. The summed E-state index contributed by atoms with van der Waals surface area (Å²) in [7, 11) is 0. The number of carbonyl (C=O) groups is 2. The number of hydrogen-bond donors (Lipinski definition) is 4. The standard InChI is InChI=1S/C34H42N4O3/c1-3-7-31(39)37-27-16-10-23(11-17-27)18-32(40)38-30-19-28(24-8-5-4-6-9-24)29(20-36-30)25-12-14-26(15-13-25)34(35)21-33(2,41)22-34/h4-6,8-9,12-15,19-20,23,27,41H,3,7,10-11,16-18,21-22,35H2,1-2H3,(H,37,39)(H,36,38,40). The van der Waals surface area contributed by atoms with Crippen molar-refractivity contribution in [2.45, 2.75) is 88.8 Å². The van der Waals surface area contributed by atoms with Gasteiger partial charge in [-0.25, -0.2) is 4.98 Å². The summed E-state index contributed by atoms with van der Waals surface area (Å²) >= 11 is 0. The van der Waals surface area contributed by atoms with Crippen molar-refractivity contribution in [2.75, 3.05) is 5.32 Å². The number of pyridine rings is 1. The summed E-state index contributed by atoms with van der Waals surface area (Å²) in [6.07, 6.45) is 8.50. The highest BCUT2D eigenvalue weighted by atomic mass is 16.3. The zero-order valence-corrected chi connectivity index (χ0v) is 24.2. The second-order valence-electron chi connectivity index (χ2n) is 12.4. The first-order chi connectivity index (χ1) is 19.6. The number of nitrogens with one attached hydrogen (secondary N) is 2. The van der Waals surface area contributed by atoms with E-state index in [9.17, 15) is 14.7 Å². The maximum Gasteiger partial charge on any atom is 0.225 e. The van der Waals surface area contributed by atoms with Crippen LogP contribution in [0.3, 0.4) is 0 Å². The van der Waals surface area contributed by atoms with Crippen LogP contribution in [0.4, 0.5) is 5.82 Å². The number of benzene rings is 2. The Morgan fingerprint density at radius 1 is 0.951 bits per heavy atom. The molecule has 0 bridgehead atoms. The Bertz CT molecular complexity index is 1350.